The van der Waals surface area contributed by atoms with E-state index in [2.05, 4.69) is 42.6 Å². The predicted molar refractivity (Wildman–Crippen MR) is 84.2 cm³/mol. The number of ether oxygens (including phenoxy) is 1. The third-order valence-electron chi connectivity index (χ3n) is 3.31. The molecule has 0 heterocycles. The van der Waals surface area contributed by atoms with Crippen LogP contribution >= 0.6 is 0 Å². The second-order valence-corrected chi connectivity index (χ2v) is 4.90. The molecule has 0 amide bonds. The standard InChI is InChI=1S/C18H23NO/c1-2-19-17(14-13-16-9-5-3-6-10-16)15-20-18-11-7-4-8-12-18/h3-12,17,19H,2,13-15H2,1H3. The van der Waals surface area contributed by atoms with Crippen molar-refractivity contribution in [1.82, 2.24) is 5.32 Å². The molecule has 1 N–H and O–H groups in total. The minimum atomic E-state index is 0.389. The third-order valence-corrected chi connectivity index (χ3v) is 3.31. The van der Waals surface area contributed by atoms with E-state index >= 15 is 0 Å². The Hall–Kier alpha value is -1.80. The minimum Gasteiger partial charge on any atom is -0.492 e. The van der Waals surface area contributed by atoms with E-state index in [1.54, 1.807) is 0 Å². The molecule has 20 heavy (non-hydrogen) atoms. The van der Waals surface area contributed by atoms with Gasteiger partial charge in [-0.25, -0.2) is 0 Å². The Labute approximate surface area is 121 Å². The van der Waals surface area contributed by atoms with E-state index < -0.39 is 0 Å². The maximum absolute atomic E-state index is 5.85. The summed E-state index contributed by atoms with van der Waals surface area (Å²) >= 11 is 0. The first-order valence-corrected chi connectivity index (χ1v) is 7.33. The summed E-state index contributed by atoms with van der Waals surface area (Å²) in [6.07, 6.45) is 2.17. The quantitative estimate of drug-likeness (QED) is 0.789. The molecular weight excluding hydrogens is 246 g/mol. The zero-order valence-electron chi connectivity index (χ0n) is 12.1. The molecule has 0 saturated carbocycles. The maximum Gasteiger partial charge on any atom is 0.119 e. The van der Waals surface area contributed by atoms with Gasteiger partial charge in [-0.3, -0.25) is 0 Å². The van der Waals surface area contributed by atoms with Gasteiger partial charge in [0, 0.05) is 6.04 Å². The number of benzene rings is 2. The molecule has 0 spiro atoms. The topological polar surface area (TPSA) is 21.3 Å². The second-order valence-electron chi connectivity index (χ2n) is 4.90. The number of hydrogen-bond acceptors (Lipinski definition) is 2. The minimum absolute atomic E-state index is 0.389. The molecule has 0 aliphatic heterocycles. The number of likely N-dealkylation sites (N-methyl/N-ethyl adjacent to an activating group) is 1. The Morgan fingerprint density at radius 1 is 0.950 bits per heavy atom. The van der Waals surface area contributed by atoms with Gasteiger partial charge < -0.3 is 10.1 Å². The van der Waals surface area contributed by atoms with Crippen LogP contribution in [0.3, 0.4) is 0 Å². The molecule has 0 aromatic heterocycles. The van der Waals surface area contributed by atoms with Gasteiger partial charge in [-0.1, -0.05) is 55.5 Å². The molecule has 1 atom stereocenters. The molecule has 2 heteroatoms. The van der Waals surface area contributed by atoms with E-state index in [9.17, 15) is 0 Å². The van der Waals surface area contributed by atoms with Crippen molar-refractivity contribution in [3.8, 4) is 5.75 Å². The van der Waals surface area contributed by atoms with Crippen LogP contribution in [0.2, 0.25) is 0 Å². The highest BCUT2D eigenvalue weighted by molar-refractivity contribution is 5.21. The molecular formula is C18H23NO. The fourth-order valence-corrected chi connectivity index (χ4v) is 2.23. The van der Waals surface area contributed by atoms with E-state index in [1.807, 2.05) is 30.3 Å². The molecule has 0 bridgehead atoms. The summed E-state index contributed by atoms with van der Waals surface area (Å²) in [5.41, 5.74) is 1.38. The second kappa shape index (κ2) is 8.39. The summed E-state index contributed by atoms with van der Waals surface area (Å²) in [5, 5.41) is 3.50. The smallest absolute Gasteiger partial charge is 0.119 e. The monoisotopic (exact) mass is 269 g/mol. The molecule has 2 nitrogen and oxygen atoms in total. The van der Waals surface area contributed by atoms with Crippen LogP contribution in [0.4, 0.5) is 0 Å². The third kappa shape index (κ3) is 5.06. The highest BCUT2D eigenvalue weighted by Gasteiger charge is 2.08. The normalized spacial score (nSPS) is 12.1. The first-order valence-electron chi connectivity index (χ1n) is 7.33. The lowest BCUT2D eigenvalue weighted by Gasteiger charge is -2.18. The number of aryl methyl sites for hydroxylation is 1. The lowest BCUT2D eigenvalue weighted by molar-refractivity contribution is 0.258. The van der Waals surface area contributed by atoms with Crippen molar-refractivity contribution < 1.29 is 4.74 Å². The Bertz CT molecular complexity index is 426. The first kappa shape index (κ1) is 14.6. The fraction of sp³-hybridized carbons (Fsp3) is 0.333. The molecule has 0 fully saturated rings. The SMILES string of the molecule is CCNC(CCc1ccccc1)COc1ccccc1. The van der Waals surface area contributed by atoms with Crippen LogP contribution in [0.15, 0.2) is 60.7 Å². The van der Waals surface area contributed by atoms with Crippen molar-refractivity contribution in [2.75, 3.05) is 13.2 Å². The van der Waals surface area contributed by atoms with Crippen LogP contribution in [-0.2, 0) is 6.42 Å². The fourth-order valence-electron chi connectivity index (χ4n) is 2.23. The van der Waals surface area contributed by atoms with Gasteiger partial charge in [0.15, 0.2) is 0 Å². The predicted octanol–water partition coefficient (Wildman–Crippen LogP) is 3.68. The number of para-hydroxylation sites is 1. The van der Waals surface area contributed by atoms with Gasteiger partial charge in [0.1, 0.15) is 12.4 Å². The average Bonchev–Trinajstić information content (AvgIpc) is 2.52. The average molecular weight is 269 g/mol. The van der Waals surface area contributed by atoms with Gasteiger partial charge in [-0.2, -0.15) is 0 Å². The Morgan fingerprint density at radius 2 is 1.60 bits per heavy atom. The molecule has 0 radical (unpaired) electrons. The molecule has 1 unspecified atom stereocenters. The van der Waals surface area contributed by atoms with E-state index in [0.29, 0.717) is 12.6 Å². The van der Waals surface area contributed by atoms with E-state index in [4.69, 9.17) is 4.74 Å². The van der Waals surface area contributed by atoms with Gasteiger partial charge in [0.25, 0.3) is 0 Å². The van der Waals surface area contributed by atoms with Crippen molar-refractivity contribution >= 4 is 0 Å². The van der Waals surface area contributed by atoms with Crippen molar-refractivity contribution in [2.24, 2.45) is 0 Å². The zero-order valence-corrected chi connectivity index (χ0v) is 12.1. The van der Waals surface area contributed by atoms with Crippen LogP contribution in [0.1, 0.15) is 18.9 Å². The molecule has 106 valence electrons. The Balaban J connectivity index is 1.81. The van der Waals surface area contributed by atoms with Crippen molar-refractivity contribution in [3.05, 3.63) is 66.2 Å². The van der Waals surface area contributed by atoms with Crippen LogP contribution in [0.25, 0.3) is 0 Å². The first-order chi connectivity index (χ1) is 9.88. The largest absolute Gasteiger partial charge is 0.492 e. The van der Waals surface area contributed by atoms with Crippen LogP contribution in [-0.4, -0.2) is 19.2 Å². The van der Waals surface area contributed by atoms with Crippen molar-refractivity contribution in [3.63, 3.8) is 0 Å². The molecule has 0 aliphatic rings. The van der Waals surface area contributed by atoms with Gasteiger partial charge in [-0.15, -0.1) is 0 Å². The van der Waals surface area contributed by atoms with Crippen LogP contribution in [0, 0.1) is 0 Å². The van der Waals surface area contributed by atoms with Crippen molar-refractivity contribution in [2.45, 2.75) is 25.8 Å². The molecule has 0 saturated heterocycles. The summed E-state index contributed by atoms with van der Waals surface area (Å²) < 4.78 is 5.85. The van der Waals surface area contributed by atoms with Crippen molar-refractivity contribution in [1.29, 1.82) is 0 Å². The van der Waals surface area contributed by atoms with E-state index in [1.165, 1.54) is 5.56 Å². The number of hydrogen-bond donors (Lipinski definition) is 1. The maximum atomic E-state index is 5.85. The molecule has 2 aromatic rings. The van der Waals surface area contributed by atoms with Crippen LogP contribution < -0.4 is 10.1 Å². The van der Waals surface area contributed by atoms with E-state index in [0.717, 1.165) is 25.1 Å². The Kier molecular flexibility index (Phi) is 6.12. The summed E-state index contributed by atoms with van der Waals surface area (Å²) in [4.78, 5) is 0. The van der Waals surface area contributed by atoms with Gasteiger partial charge in [0.05, 0.1) is 0 Å². The van der Waals surface area contributed by atoms with Gasteiger partial charge in [-0.05, 0) is 37.1 Å². The number of nitrogens with one attached hydrogen (secondary N) is 1. The summed E-state index contributed by atoms with van der Waals surface area (Å²) in [6, 6.07) is 21.0. The highest BCUT2D eigenvalue weighted by atomic mass is 16.5. The summed E-state index contributed by atoms with van der Waals surface area (Å²) in [7, 11) is 0. The molecule has 2 aromatic carbocycles. The summed E-state index contributed by atoms with van der Waals surface area (Å²) in [5.74, 6) is 0.940. The van der Waals surface area contributed by atoms with E-state index in [-0.39, 0.29) is 0 Å². The zero-order chi connectivity index (χ0) is 14.0. The van der Waals surface area contributed by atoms with Gasteiger partial charge in [0.2, 0.25) is 0 Å². The Morgan fingerprint density at radius 3 is 2.25 bits per heavy atom. The molecule has 0 aliphatic carbocycles. The van der Waals surface area contributed by atoms with Crippen LogP contribution in [0.5, 0.6) is 5.75 Å². The number of rotatable bonds is 8. The van der Waals surface area contributed by atoms with Gasteiger partial charge >= 0.3 is 0 Å². The lowest BCUT2D eigenvalue weighted by atomic mass is 10.1. The lowest BCUT2D eigenvalue weighted by Crippen LogP contribution is -2.35. The summed E-state index contributed by atoms with van der Waals surface area (Å²) in [6.45, 7) is 3.82. The highest BCUT2D eigenvalue weighted by Crippen LogP contribution is 2.10. The molecule has 2 rings (SSSR count).